The van der Waals surface area contributed by atoms with Crippen LogP contribution in [-0.2, 0) is 0 Å². The van der Waals surface area contributed by atoms with E-state index in [1.54, 1.807) is 0 Å². The molecule has 114 valence electrons. The molecule has 1 aliphatic heterocycles. The number of anilines is 2. The highest BCUT2D eigenvalue weighted by Crippen LogP contribution is 2.38. The molecule has 2 aromatic rings. The molecule has 2 fully saturated rings. The predicted molar refractivity (Wildman–Crippen MR) is 93.0 cm³/mol. The van der Waals surface area contributed by atoms with Gasteiger partial charge in [0.15, 0.2) is 0 Å². The lowest BCUT2D eigenvalue weighted by Gasteiger charge is -2.50. The van der Waals surface area contributed by atoms with Crippen LogP contribution >= 0.6 is 0 Å². The standard InChI is InChI=1S/C20H24N2/c1-3-11-19(12-4-1)21-15-17-9-7-8-10-18(17)16-22(21)20-13-5-2-6-14-20/h1-6,11-14,17-18H,7-10,15-16H2/t17-,18-/m0/s1. The summed E-state index contributed by atoms with van der Waals surface area (Å²) < 4.78 is 0. The van der Waals surface area contributed by atoms with Crippen molar-refractivity contribution in [3.8, 4) is 0 Å². The number of hydrazine groups is 1. The first-order valence-corrected chi connectivity index (χ1v) is 8.57. The second kappa shape index (κ2) is 6.04. The Kier molecular flexibility index (Phi) is 3.75. The summed E-state index contributed by atoms with van der Waals surface area (Å²) in [4.78, 5) is 0. The SMILES string of the molecule is c1ccc(N2C[C@@H]3CCCC[C@H]3CN2c2ccccc2)cc1. The van der Waals surface area contributed by atoms with Crippen LogP contribution in [0, 0.1) is 11.8 Å². The largest absolute Gasteiger partial charge is 0.285 e. The highest BCUT2D eigenvalue weighted by Gasteiger charge is 2.35. The van der Waals surface area contributed by atoms with Crippen LogP contribution in [0.4, 0.5) is 11.4 Å². The second-order valence-electron chi connectivity index (χ2n) is 6.64. The average molecular weight is 292 g/mol. The van der Waals surface area contributed by atoms with Crippen LogP contribution in [-0.4, -0.2) is 13.1 Å². The van der Waals surface area contributed by atoms with Gasteiger partial charge in [0.1, 0.15) is 0 Å². The number of nitrogens with zero attached hydrogens (tertiary/aromatic N) is 2. The molecule has 4 rings (SSSR count). The highest BCUT2D eigenvalue weighted by atomic mass is 15.6. The van der Waals surface area contributed by atoms with Crippen molar-refractivity contribution in [2.24, 2.45) is 11.8 Å². The van der Waals surface area contributed by atoms with Crippen molar-refractivity contribution in [3.63, 3.8) is 0 Å². The lowest BCUT2D eigenvalue weighted by Crippen LogP contribution is -2.55. The summed E-state index contributed by atoms with van der Waals surface area (Å²) in [7, 11) is 0. The quantitative estimate of drug-likeness (QED) is 0.789. The molecule has 1 saturated heterocycles. The fraction of sp³-hybridized carbons (Fsp3) is 0.400. The Balaban J connectivity index is 1.68. The normalized spacial score (nSPS) is 24.9. The smallest absolute Gasteiger partial charge is 0.0574 e. The van der Waals surface area contributed by atoms with Crippen LogP contribution in [0.25, 0.3) is 0 Å². The van der Waals surface area contributed by atoms with E-state index in [-0.39, 0.29) is 0 Å². The molecule has 0 radical (unpaired) electrons. The van der Waals surface area contributed by atoms with E-state index in [1.165, 1.54) is 37.1 Å². The molecule has 2 aliphatic rings. The summed E-state index contributed by atoms with van der Waals surface area (Å²) in [5.74, 6) is 1.71. The number of hydrogen-bond donors (Lipinski definition) is 0. The van der Waals surface area contributed by atoms with Gasteiger partial charge in [-0.05, 0) is 48.9 Å². The maximum absolute atomic E-state index is 2.50. The molecule has 2 heteroatoms. The lowest BCUT2D eigenvalue weighted by atomic mass is 9.77. The Labute approximate surface area is 133 Å². The molecular weight excluding hydrogens is 268 g/mol. The van der Waals surface area contributed by atoms with Gasteiger partial charge in [0.2, 0.25) is 0 Å². The van der Waals surface area contributed by atoms with E-state index in [2.05, 4.69) is 70.7 Å². The zero-order valence-corrected chi connectivity index (χ0v) is 13.1. The fourth-order valence-corrected chi connectivity index (χ4v) is 4.10. The molecule has 0 N–H and O–H groups in total. The molecule has 0 unspecified atom stereocenters. The van der Waals surface area contributed by atoms with Gasteiger partial charge in [-0.3, -0.25) is 10.0 Å². The molecule has 2 atom stereocenters. The Bertz CT molecular complexity index is 540. The van der Waals surface area contributed by atoms with Gasteiger partial charge in [-0.25, -0.2) is 0 Å². The number of benzene rings is 2. The average Bonchev–Trinajstić information content (AvgIpc) is 2.62. The van der Waals surface area contributed by atoms with Gasteiger partial charge in [0.05, 0.1) is 11.4 Å². The summed E-state index contributed by atoms with van der Waals surface area (Å²) in [5, 5.41) is 5.00. The molecule has 0 spiro atoms. The Hall–Kier alpha value is -1.96. The molecule has 1 saturated carbocycles. The van der Waals surface area contributed by atoms with E-state index in [0.29, 0.717) is 0 Å². The second-order valence-corrected chi connectivity index (χ2v) is 6.64. The van der Waals surface area contributed by atoms with Gasteiger partial charge < -0.3 is 0 Å². The van der Waals surface area contributed by atoms with Crippen molar-refractivity contribution in [2.75, 3.05) is 23.1 Å². The van der Waals surface area contributed by atoms with E-state index in [1.807, 2.05) is 0 Å². The molecular formula is C20H24N2. The minimum Gasteiger partial charge on any atom is -0.285 e. The third-order valence-corrected chi connectivity index (χ3v) is 5.28. The summed E-state index contributed by atoms with van der Waals surface area (Å²) in [6, 6.07) is 21.7. The van der Waals surface area contributed by atoms with Crippen molar-refractivity contribution in [1.82, 2.24) is 0 Å². The fourth-order valence-electron chi connectivity index (χ4n) is 4.10. The van der Waals surface area contributed by atoms with Crippen LogP contribution in [0.3, 0.4) is 0 Å². The number of para-hydroxylation sites is 2. The van der Waals surface area contributed by atoms with Gasteiger partial charge in [-0.15, -0.1) is 0 Å². The van der Waals surface area contributed by atoms with Crippen LogP contribution in [0.15, 0.2) is 60.7 Å². The van der Waals surface area contributed by atoms with E-state index in [4.69, 9.17) is 0 Å². The molecule has 2 aromatic carbocycles. The summed E-state index contributed by atoms with van der Waals surface area (Å²) in [6.45, 7) is 2.31. The zero-order chi connectivity index (χ0) is 14.8. The maximum Gasteiger partial charge on any atom is 0.0574 e. The Morgan fingerprint density at radius 2 is 1.00 bits per heavy atom. The number of hydrogen-bond acceptors (Lipinski definition) is 2. The van der Waals surface area contributed by atoms with Crippen LogP contribution in [0.2, 0.25) is 0 Å². The predicted octanol–water partition coefficient (Wildman–Crippen LogP) is 4.73. The van der Waals surface area contributed by atoms with Crippen molar-refractivity contribution in [2.45, 2.75) is 25.7 Å². The van der Waals surface area contributed by atoms with Gasteiger partial charge in [-0.1, -0.05) is 49.2 Å². The highest BCUT2D eigenvalue weighted by molar-refractivity contribution is 5.58. The van der Waals surface area contributed by atoms with Crippen molar-refractivity contribution < 1.29 is 0 Å². The first-order chi connectivity index (χ1) is 10.9. The molecule has 1 heterocycles. The van der Waals surface area contributed by atoms with Crippen molar-refractivity contribution in [3.05, 3.63) is 60.7 Å². The summed E-state index contributed by atoms with van der Waals surface area (Å²) in [5.41, 5.74) is 2.63. The van der Waals surface area contributed by atoms with Crippen LogP contribution in [0.1, 0.15) is 25.7 Å². The first-order valence-electron chi connectivity index (χ1n) is 8.57. The third-order valence-electron chi connectivity index (χ3n) is 5.28. The van der Waals surface area contributed by atoms with E-state index in [9.17, 15) is 0 Å². The topological polar surface area (TPSA) is 6.48 Å². The minimum absolute atomic E-state index is 0.855. The van der Waals surface area contributed by atoms with Gasteiger partial charge in [0.25, 0.3) is 0 Å². The molecule has 0 amide bonds. The van der Waals surface area contributed by atoms with E-state index >= 15 is 0 Å². The Morgan fingerprint density at radius 1 is 0.591 bits per heavy atom. The molecule has 1 aliphatic carbocycles. The molecule has 22 heavy (non-hydrogen) atoms. The monoisotopic (exact) mass is 292 g/mol. The van der Waals surface area contributed by atoms with E-state index < -0.39 is 0 Å². The van der Waals surface area contributed by atoms with E-state index in [0.717, 1.165) is 24.9 Å². The van der Waals surface area contributed by atoms with Gasteiger partial charge in [-0.2, -0.15) is 0 Å². The van der Waals surface area contributed by atoms with Crippen molar-refractivity contribution in [1.29, 1.82) is 0 Å². The minimum atomic E-state index is 0.855. The summed E-state index contributed by atoms with van der Waals surface area (Å²) in [6.07, 6.45) is 5.62. The summed E-state index contributed by atoms with van der Waals surface area (Å²) >= 11 is 0. The third kappa shape index (κ3) is 2.58. The first kappa shape index (κ1) is 13.7. The van der Waals surface area contributed by atoms with Crippen LogP contribution < -0.4 is 10.0 Å². The molecule has 0 bridgehead atoms. The lowest BCUT2D eigenvalue weighted by molar-refractivity contribution is 0.213. The van der Waals surface area contributed by atoms with Crippen molar-refractivity contribution >= 4 is 11.4 Å². The van der Waals surface area contributed by atoms with Gasteiger partial charge in [0, 0.05) is 13.1 Å². The number of fused-ring (bicyclic) bond motifs is 1. The van der Waals surface area contributed by atoms with Gasteiger partial charge >= 0.3 is 0 Å². The number of rotatable bonds is 2. The molecule has 0 aromatic heterocycles. The molecule has 2 nitrogen and oxygen atoms in total. The van der Waals surface area contributed by atoms with Crippen LogP contribution in [0.5, 0.6) is 0 Å². The maximum atomic E-state index is 2.50. The Morgan fingerprint density at radius 3 is 1.41 bits per heavy atom. The zero-order valence-electron chi connectivity index (χ0n) is 13.1.